The number of alkyl halides is 3. The number of amides is 3. The van der Waals surface area contributed by atoms with Crippen molar-refractivity contribution in [2.24, 2.45) is 0 Å². The number of alkyl carbamates (subject to hydrolysis) is 1. The van der Waals surface area contributed by atoms with E-state index in [0.29, 0.717) is 24.5 Å². The van der Waals surface area contributed by atoms with Gasteiger partial charge in [0.2, 0.25) is 0 Å². The summed E-state index contributed by atoms with van der Waals surface area (Å²) >= 11 is 1.21. The van der Waals surface area contributed by atoms with Gasteiger partial charge in [-0.3, -0.25) is 9.59 Å². The molecule has 1 aromatic carbocycles. The van der Waals surface area contributed by atoms with Crippen LogP contribution in [-0.4, -0.2) is 65.5 Å². The minimum Gasteiger partial charge on any atom is -0.484 e. The topological polar surface area (TPSA) is 119 Å². The minimum absolute atomic E-state index is 0.0708. The van der Waals surface area contributed by atoms with Crippen LogP contribution in [0.15, 0.2) is 29.6 Å². The summed E-state index contributed by atoms with van der Waals surface area (Å²) in [5.41, 5.74) is -0.373. The highest BCUT2D eigenvalue weighted by Crippen LogP contribution is 2.24. The smallest absolute Gasteiger partial charge is 0.484 e. The zero-order valence-corrected chi connectivity index (χ0v) is 21.2. The van der Waals surface area contributed by atoms with Gasteiger partial charge in [-0.2, -0.15) is 0 Å². The highest BCUT2D eigenvalue weighted by Gasteiger charge is 2.31. The SMILES string of the molecule is CC(C)(C)OC(=O)NC1CCN(C(=O)c2csc(CNC(=O)COc3ccc(OC(F)(F)F)cc3)n2)C1. The summed E-state index contributed by atoms with van der Waals surface area (Å²) < 4.78 is 50.9. The van der Waals surface area contributed by atoms with Gasteiger partial charge in [0.15, 0.2) is 6.61 Å². The van der Waals surface area contributed by atoms with Crippen LogP contribution in [-0.2, 0) is 16.1 Å². The van der Waals surface area contributed by atoms with E-state index in [9.17, 15) is 27.6 Å². The van der Waals surface area contributed by atoms with Crippen molar-refractivity contribution in [3.63, 3.8) is 0 Å². The Hall–Kier alpha value is -3.55. The van der Waals surface area contributed by atoms with E-state index in [1.54, 1.807) is 31.1 Å². The van der Waals surface area contributed by atoms with E-state index in [1.165, 1.54) is 23.5 Å². The van der Waals surface area contributed by atoms with Crippen molar-refractivity contribution in [3.05, 3.63) is 40.3 Å². The van der Waals surface area contributed by atoms with Crippen LogP contribution in [0.5, 0.6) is 11.5 Å². The minimum atomic E-state index is -4.79. The highest BCUT2D eigenvalue weighted by molar-refractivity contribution is 7.09. The number of nitrogens with one attached hydrogen (secondary N) is 2. The first-order valence-corrected chi connectivity index (χ1v) is 12.1. The summed E-state index contributed by atoms with van der Waals surface area (Å²) in [5, 5.41) is 7.47. The van der Waals surface area contributed by atoms with Crippen LogP contribution in [0.4, 0.5) is 18.0 Å². The Balaban J connectivity index is 1.40. The first-order chi connectivity index (χ1) is 17.3. The summed E-state index contributed by atoms with van der Waals surface area (Å²) in [7, 11) is 0. The van der Waals surface area contributed by atoms with Crippen LogP contribution in [0.2, 0.25) is 0 Å². The monoisotopic (exact) mass is 544 g/mol. The van der Waals surface area contributed by atoms with Crippen molar-refractivity contribution in [1.29, 1.82) is 0 Å². The molecule has 10 nitrogen and oxygen atoms in total. The Morgan fingerprint density at radius 2 is 1.81 bits per heavy atom. The molecular weight excluding hydrogens is 517 g/mol. The van der Waals surface area contributed by atoms with Crippen LogP contribution in [0, 0.1) is 0 Å². The van der Waals surface area contributed by atoms with Gasteiger partial charge in [-0.15, -0.1) is 24.5 Å². The van der Waals surface area contributed by atoms with Gasteiger partial charge in [0, 0.05) is 18.5 Å². The molecule has 1 aliphatic heterocycles. The van der Waals surface area contributed by atoms with Gasteiger partial charge in [-0.05, 0) is 51.5 Å². The van der Waals surface area contributed by atoms with Crippen molar-refractivity contribution >= 4 is 29.2 Å². The van der Waals surface area contributed by atoms with E-state index in [2.05, 4.69) is 20.4 Å². The molecule has 0 saturated carbocycles. The van der Waals surface area contributed by atoms with E-state index >= 15 is 0 Å². The van der Waals surface area contributed by atoms with E-state index < -0.39 is 29.7 Å². The third-order valence-corrected chi connectivity index (χ3v) is 5.68. The van der Waals surface area contributed by atoms with E-state index in [-0.39, 0.29) is 36.5 Å². The fourth-order valence-corrected chi connectivity index (χ4v) is 4.01. The molecule has 37 heavy (non-hydrogen) atoms. The maximum Gasteiger partial charge on any atom is 0.573 e. The molecule has 2 aromatic rings. The zero-order chi connectivity index (χ0) is 27.2. The van der Waals surface area contributed by atoms with Crippen molar-refractivity contribution in [1.82, 2.24) is 20.5 Å². The van der Waals surface area contributed by atoms with Crippen LogP contribution < -0.4 is 20.1 Å². The van der Waals surface area contributed by atoms with Gasteiger partial charge in [-0.1, -0.05) is 0 Å². The molecule has 1 unspecified atom stereocenters. The Kier molecular flexibility index (Phi) is 8.84. The number of rotatable bonds is 8. The molecule has 0 bridgehead atoms. The number of hydrogen-bond donors (Lipinski definition) is 2. The predicted octanol–water partition coefficient (Wildman–Crippen LogP) is 3.48. The first-order valence-electron chi connectivity index (χ1n) is 11.3. The standard InChI is InChI=1S/C23H27F3N4O6S/c1-22(2,3)36-21(33)28-14-8-9-30(11-14)20(32)17-13-37-19(29-17)10-27-18(31)12-34-15-4-6-16(7-5-15)35-23(24,25)26/h4-7,13-14H,8-12H2,1-3H3,(H,27,31)(H,28,33). The third-order valence-electron chi connectivity index (χ3n) is 4.83. The van der Waals surface area contributed by atoms with Crippen molar-refractivity contribution in [2.75, 3.05) is 19.7 Å². The Labute approximate surface area is 215 Å². The van der Waals surface area contributed by atoms with E-state index in [1.807, 2.05) is 0 Å². The quantitative estimate of drug-likeness (QED) is 0.522. The Morgan fingerprint density at radius 1 is 1.14 bits per heavy atom. The molecule has 2 heterocycles. The van der Waals surface area contributed by atoms with Gasteiger partial charge in [0.1, 0.15) is 27.8 Å². The van der Waals surface area contributed by atoms with Crippen molar-refractivity contribution < 1.29 is 41.8 Å². The third kappa shape index (κ3) is 9.44. The first kappa shape index (κ1) is 28.0. The summed E-state index contributed by atoms with van der Waals surface area (Å²) in [4.78, 5) is 42.6. The molecule has 1 fully saturated rings. The van der Waals surface area contributed by atoms with E-state index in [0.717, 1.165) is 12.1 Å². The second kappa shape index (κ2) is 11.7. The number of carbonyl (C=O) groups is 3. The Bertz CT molecular complexity index is 1100. The number of likely N-dealkylation sites (tertiary alicyclic amines) is 1. The molecular formula is C23H27F3N4O6S. The summed E-state index contributed by atoms with van der Waals surface area (Å²) in [6, 6.07) is 4.43. The Morgan fingerprint density at radius 3 is 2.46 bits per heavy atom. The molecule has 2 N–H and O–H groups in total. The summed E-state index contributed by atoms with van der Waals surface area (Å²) in [6.07, 6.45) is -4.73. The number of hydrogen-bond acceptors (Lipinski definition) is 8. The number of carbonyl (C=O) groups excluding carboxylic acids is 3. The van der Waals surface area contributed by atoms with Crippen molar-refractivity contribution in [2.45, 2.75) is 51.7 Å². The molecule has 1 saturated heterocycles. The second-order valence-electron chi connectivity index (χ2n) is 9.09. The van der Waals surface area contributed by atoms with Gasteiger partial charge in [0.25, 0.3) is 11.8 Å². The molecule has 0 radical (unpaired) electrons. The lowest BCUT2D eigenvalue weighted by Crippen LogP contribution is -2.41. The average Bonchev–Trinajstić information content (AvgIpc) is 3.44. The molecule has 3 amide bonds. The number of ether oxygens (including phenoxy) is 3. The second-order valence-corrected chi connectivity index (χ2v) is 10.0. The van der Waals surface area contributed by atoms with E-state index in [4.69, 9.17) is 9.47 Å². The molecule has 1 aromatic heterocycles. The fraction of sp³-hybridized carbons (Fsp3) is 0.478. The maximum atomic E-state index is 12.8. The van der Waals surface area contributed by atoms with Gasteiger partial charge in [0.05, 0.1) is 12.6 Å². The van der Waals surface area contributed by atoms with Crippen LogP contribution >= 0.6 is 11.3 Å². The normalized spacial score (nSPS) is 15.7. The summed E-state index contributed by atoms with van der Waals surface area (Å²) in [5.74, 6) is -0.961. The summed E-state index contributed by atoms with van der Waals surface area (Å²) in [6.45, 7) is 5.81. The van der Waals surface area contributed by atoms with Crippen LogP contribution in [0.3, 0.4) is 0 Å². The average molecular weight is 545 g/mol. The maximum absolute atomic E-state index is 12.8. The van der Waals surface area contributed by atoms with Gasteiger partial charge in [-0.25, -0.2) is 9.78 Å². The molecule has 14 heteroatoms. The number of thiazole rings is 1. The molecule has 0 spiro atoms. The molecule has 0 aliphatic carbocycles. The lowest BCUT2D eigenvalue weighted by atomic mass is 10.2. The largest absolute Gasteiger partial charge is 0.573 e. The lowest BCUT2D eigenvalue weighted by Gasteiger charge is -2.22. The number of halogens is 3. The molecule has 1 atom stereocenters. The number of benzene rings is 1. The molecule has 3 rings (SSSR count). The zero-order valence-electron chi connectivity index (χ0n) is 20.4. The van der Waals surface area contributed by atoms with Crippen LogP contribution in [0.1, 0.15) is 42.7 Å². The fourth-order valence-electron chi connectivity index (χ4n) is 3.30. The highest BCUT2D eigenvalue weighted by atomic mass is 32.1. The van der Waals surface area contributed by atoms with Crippen molar-refractivity contribution in [3.8, 4) is 11.5 Å². The molecule has 202 valence electrons. The lowest BCUT2D eigenvalue weighted by molar-refractivity contribution is -0.274. The van der Waals surface area contributed by atoms with Crippen LogP contribution in [0.25, 0.3) is 0 Å². The number of nitrogens with zero attached hydrogens (tertiary/aromatic N) is 2. The molecule has 1 aliphatic rings. The predicted molar refractivity (Wildman–Crippen MR) is 126 cm³/mol. The van der Waals surface area contributed by atoms with Gasteiger partial charge < -0.3 is 29.7 Å². The van der Waals surface area contributed by atoms with Gasteiger partial charge >= 0.3 is 12.5 Å². The number of aromatic nitrogens is 1.